The molecule has 0 spiro atoms. The highest BCUT2D eigenvalue weighted by molar-refractivity contribution is 5.95. The smallest absolute Gasteiger partial charge is 0.259 e. The third-order valence-corrected chi connectivity index (χ3v) is 7.67. The van der Waals surface area contributed by atoms with Gasteiger partial charge < -0.3 is 15.4 Å². The van der Waals surface area contributed by atoms with Crippen molar-refractivity contribution < 1.29 is 18.3 Å². The van der Waals surface area contributed by atoms with Crippen molar-refractivity contribution in [3.63, 3.8) is 0 Å². The molecule has 0 radical (unpaired) electrons. The molecule has 0 saturated carbocycles. The van der Waals surface area contributed by atoms with E-state index in [9.17, 15) is 4.79 Å². The minimum absolute atomic E-state index is 0.191. The zero-order valence-electron chi connectivity index (χ0n) is 21.9. The van der Waals surface area contributed by atoms with Gasteiger partial charge in [-0.05, 0) is 68.2 Å². The Bertz CT molecular complexity index is 1380. The fourth-order valence-electron chi connectivity index (χ4n) is 5.49. The quantitative estimate of drug-likeness (QED) is 0.493. The van der Waals surface area contributed by atoms with Gasteiger partial charge in [-0.25, -0.2) is 23.7 Å². The number of carbonyl (C=O) groups is 1. The van der Waals surface area contributed by atoms with Gasteiger partial charge in [0.25, 0.3) is 5.91 Å². The number of ether oxygens (including phenoxy) is 1. The highest BCUT2D eigenvalue weighted by Crippen LogP contribution is 2.33. The molecule has 1 aromatic carbocycles. The highest BCUT2D eigenvalue weighted by Gasteiger charge is 2.32. The summed E-state index contributed by atoms with van der Waals surface area (Å²) in [4.78, 5) is 27.4. The van der Waals surface area contributed by atoms with Crippen LogP contribution >= 0.6 is 0 Å². The van der Waals surface area contributed by atoms with Gasteiger partial charge in [-0.1, -0.05) is 18.8 Å². The van der Waals surface area contributed by atoms with Crippen molar-refractivity contribution in [1.29, 1.82) is 0 Å². The molecule has 2 N–H and O–H groups in total. The predicted molar refractivity (Wildman–Crippen MR) is 144 cm³/mol. The molecular weight excluding hydrogens is 500 g/mol. The van der Waals surface area contributed by atoms with Crippen LogP contribution in [0.5, 0.6) is 0 Å². The maximum atomic E-state index is 15.4. The van der Waals surface area contributed by atoms with Gasteiger partial charge in [-0.15, -0.1) is 0 Å². The number of benzene rings is 1. The zero-order valence-corrected chi connectivity index (χ0v) is 21.9. The molecule has 4 heterocycles. The number of likely N-dealkylation sites (tertiary alicyclic amines) is 1. The summed E-state index contributed by atoms with van der Waals surface area (Å²) in [6.45, 7) is 4.46. The molecule has 9 heteroatoms. The molecule has 39 heavy (non-hydrogen) atoms. The first kappa shape index (κ1) is 26.7. The molecule has 202 valence electrons. The Hall–Kier alpha value is -3.90. The Morgan fingerprint density at radius 3 is 2.36 bits per heavy atom. The Morgan fingerprint density at radius 1 is 1.03 bits per heavy atom. The van der Waals surface area contributed by atoms with E-state index in [0.29, 0.717) is 59.7 Å². The van der Waals surface area contributed by atoms with Crippen molar-refractivity contribution in [2.75, 3.05) is 32.0 Å². The van der Waals surface area contributed by atoms with Crippen LogP contribution in [-0.2, 0) is 11.2 Å². The first-order valence-corrected chi connectivity index (χ1v) is 13.4. The number of nitrogens with two attached hydrogens (primary N) is 1. The average molecular weight is 532 g/mol. The number of aryl methyl sites for hydroxylation is 1. The van der Waals surface area contributed by atoms with Crippen LogP contribution in [0.15, 0.2) is 36.8 Å². The Morgan fingerprint density at radius 2 is 1.72 bits per heavy atom. The normalized spacial score (nSPS) is 16.5. The molecule has 7 nitrogen and oxygen atoms in total. The highest BCUT2D eigenvalue weighted by atomic mass is 19.1. The number of halogens is 2. The van der Waals surface area contributed by atoms with Gasteiger partial charge in [0.2, 0.25) is 0 Å². The van der Waals surface area contributed by atoms with Crippen molar-refractivity contribution in [3.8, 4) is 23.1 Å². The van der Waals surface area contributed by atoms with E-state index in [0.717, 1.165) is 51.0 Å². The fourth-order valence-corrected chi connectivity index (χ4v) is 5.49. The summed E-state index contributed by atoms with van der Waals surface area (Å²) in [5.41, 5.74) is 7.33. The summed E-state index contributed by atoms with van der Waals surface area (Å²) in [6, 6.07) is 5.68. The molecule has 2 saturated heterocycles. The van der Waals surface area contributed by atoms with E-state index in [4.69, 9.17) is 10.5 Å². The maximum absolute atomic E-state index is 15.4. The van der Waals surface area contributed by atoms with Crippen LogP contribution < -0.4 is 5.73 Å². The summed E-state index contributed by atoms with van der Waals surface area (Å²) in [5.74, 6) is 5.08. The Labute approximate surface area is 226 Å². The summed E-state index contributed by atoms with van der Waals surface area (Å²) < 4.78 is 36.2. The predicted octanol–water partition coefficient (Wildman–Crippen LogP) is 4.64. The molecule has 2 aliphatic heterocycles. The molecule has 2 aromatic heterocycles. The second-order valence-corrected chi connectivity index (χ2v) is 10.0. The van der Waals surface area contributed by atoms with E-state index in [-0.39, 0.29) is 5.56 Å². The zero-order chi connectivity index (χ0) is 27.4. The van der Waals surface area contributed by atoms with E-state index in [2.05, 4.69) is 26.8 Å². The monoisotopic (exact) mass is 531 g/mol. The second kappa shape index (κ2) is 11.9. The van der Waals surface area contributed by atoms with Crippen LogP contribution in [0, 0.1) is 35.3 Å². The third-order valence-electron chi connectivity index (χ3n) is 7.67. The number of rotatable bonds is 4. The number of pyridine rings is 1. The SMILES string of the molecule is CCc1ncnc(-c2cc(F)c(C(=O)N3CCC(C4CCOCC4)CC3)c(F)c2)c1C#Cc1ccc(N)nc1. The van der Waals surface area contributed by atoms with E-state index in [1.54, 1.807) is 23.2 Å². The van der Waals surface area contributed by atoms with Crippen LogP contribution in [0.25, 0.3) is 11.3 Å². The van der Waals surface area contributed by atoms with Crippen LogP contribution in [0.2, 0.25) is 0 Å². The fraction of sp³-hybridized carbons (Fsp3) is 0.400. The number of nitrogen functional groups attached to an aromatic ring is 1. The largest absolute Gasteiger partial charge is 0.384 e. The minimum atomic E-state index is -0.917. The first-order valence-electron chi connectivity index (χ1n) is 13.4. The number of hydrogen-bond donors (Lipinski definition) is 1. The lowest BCUT2D eigenvalue weighted by atomic mass is 9.80. The lowest BCUT2D eigenvalue weighted by Crippen LogP contribution is -2.41. The van der Waals surface area contributed by atoms with Crippen molar-refractivity contribution in [2.24, 2.45) is 11.8 Å². The first-order chi connectivity index (χ1) is 18.9. The lowest BCUT2D eigenvalue weighted by Gasteiger charge is -2.37. The molecule has 2 aliphatic rings. The lowest BCUT2D eigenvalue weighted by molar-refractivity contribution is 0.0286. The van der Waals surface area contributed by atoms with Crippen molar-refractivity contribution in [1.82, 2.24) is 19.9 Å². The van der Waals surface area contributed by atoms with Gasteiger partial charge in [0.15, 0.2) is 0 Å². The molecule has 1 amide bonds. The summed E-state index contributed by atoms with van der Waals surface area (Å²) in [7, 11) is 0. The average Bonchev–Trinajstić information content (AvgIpc) is 2.96. The van der Waals surface area contributed by atoms with Crippen LogP contribution in [0.1, 0.15) is 59.8 Å². The van der Waals surface area contributed by atoms with Gasteiger partial charge in [0.05, 0.1) is 17.0 Å². The van der Waals surface area contributed by atoms with Gasteiger partial charge in [-0.3, -0.25) is 4.79 Å². The number of aromatic nitrogens is 3. The molecule has 0 aliphatic carbocycles. The molecule has 0 bridgehead atoms. The van der Waals surface area contributed by atoms with E-state index < -0.39 is 23.1 Å². The standard InChI is InChI=1S/C30H31F2N5O2/c1-2-26-23(5-3-19-4-6-27(33)34-17-19)29(36-18-35-26)22-15-24(31)28(25(32)16-22)30(38)37-11-7-20(8-12-37)21-9-13-39-14-10-21/h4,6,15-18,20-21H,2,7-14H2,1H3,(H2,33,34). The molecular formula is C30H31F2N5O2. The second-order valence-electron chi connectivity index (χ2n) is 10.0. The molecule has 5 rings (SSSR count). The molecule has 2 fully saturated rings. The summed E-state index contributed by atoms with van der Waals surface area (Å²) >= 11 is 0. The Balaban J connectivity index is 1.39. The van der Waals surface area contributed by atoms with Crippen molar-refractivity contribution in [3.05, 3.63) is 70.8 Å². The minimum Gasteiger partial charge on any atom is -0.384 e. The topological polar surface area (TPSA) is 94.2 Å². The van der Waals surface area contributed by atoms with Gasteiger partial charge >= 0.3 is 0 Å². The van der Waals surface area contributed by atoms with E-state index in [1.165, 1.54) is 6.33 Å². The number of piperidine rings is 1. The third kappa shape index (κ3) is 5.91. The molecule has 3 aromatic rings. The number of hydrogen-bond acceptors (Lipinski definition) is 6. The maximum Gasteiger partial charge on any atom is 0.259 e. The van der Waals surface area contributed by atoms with Gasteiger partial charge in [0.1, 0.15) is 29.3 Å². The summed E-state index contributed by atoms with van der Waals surface area (Å²) in [5, 5.41) is 0. The number of carbonyl (C=O) groups excluding carboxylic acids is 1. The molecule has 0 atom stereocenters. The van der Waals surface area contributed by atoms with E-state index in [1.807, 2.05) is 6.92 Å². The van der Waals surface area contributed by atoms with Crippen molar-refractivity contribution >= 4 is 11.7 Å². The van der Waals surface area contributed by atoms with Crippen molar-refractivity contribution in [2.45, 2.75) is 39.0 Å². The van der Waals surface area contributed by atoms with E-state index >= 15 is 8.78 Å². The van der Waals surface area contributed by atoms with Crippen LogP contribution in [-0.4, -0.2) is 52.1 Å². The Kier molecular flexibility index (Phi) is 8.13. The summed E-state index contributed by atoms with van der Waals surface area (Å²) in [6.07, 6.45) is 7.19. The van der Waals surface area contributed by atoms with Gasteiger partial charge in [0, 0.05) is 43.6 Å². The number of amides is 1. The van der Waals surface area contributed by atoms with Gasteiger partial charge in [-0.2, -0.15) is 0 Å². The van der Waals surface area contributed by atoms with Crippen LogP contribution in [0.4, 0.5) is 14.6 Å². The van der Waals surface area contributed by atoms with Crippen LogP contribution in [0.3, 0.4) is 0 Å². The number of anilines is 1. The molecule has 0 unspecified atom stereocenters. The number of nitrogens with zero attached hydrogens (tertiary/aromatic N) is 4.